The van der Waals surface area contributed by atoms with E-state index in [-0.39, 0.29) is 4.70 Å². The summed E-state index contributed by atoms with van der Waals surface area (Å²) in [6, 6.07) is 0. The summed E-state index contributed by atoms with van der Waals surface area (Å²) in [4.78, 5) is 0. The molecule has 0 heterocycles. The molecule has 0 aromatic carbocycles. The first-order valence-corrected chi connectivity index (χ1v) is 3.05. The molecule has 9 heavy (non-hydrogen) atoms. The Kier molecular flexibility index (Phi) is 6.07. The number of rotatable bonds is 3. The van der Waals surface area contributed by atoms with Gasteiger partial charge in [-0.05, 0) is 6.92 Å². The van der Waals surface area contributed by atoms with Gasteiger partial charge < -0.3 is 14.3 Å². The van der Waals surface area contributed by atoms with Crippen molar-refractivity contribution in [3.8, 4) is 0 Å². The van der Waals surface area contributed by atoms with Crippen LogP contribution < -0.4 is 4.70 Å². The van der Waals surface area contributed by atoms with E-state index in [0.717, 1.165) is 17.6 Å². The average molecular weight is 137 g/mol. The van der Waals surface area contributed by atoms with Crippen molar-refractivity contribution in [3.05, 3.63) is 0 Å². The maximum absolute atomic E-state index is 8.52. The van der Waals surface area contributed by atoms with Crippen LogP contribution in [0, 0.1) is 0 Å². The predicted molar refractivity (Wildman–Crippen MR) is 34.6 cm³/mol. The van der Waals surface area contributed by atoms with E-state index in [1.807, 2.05) is 0 Å². The first-order chi connectivity index (χ1) is 3.62. The second kappa shape index (κ2) is 4.70. The summed E-state index contributed by atoms with van der Waals surface area (Å²) in [6.45, 7) is 4.35. The summed E-state index contributed by atoms with van der Waals surface area (Å²) in [7, 11) is 4.21. The maximum atomic E-state index is 8.52. The topological polar surface area (TPSA) is 20.2 Å². The molecule has 0 aromatic rings. The van der Waals surface area contributed by atoms with Crippen LogP contribution in [0.4, 0.5) is 0 Å². The Bertz CT molecular complexity index is 66.1. The number of likely N-dealkylation sites (N-methyl/N-ethyl adjacent to an activating group) is 1. The van der Waals surface area contributed by atoms with Gasteiger partial charge in [0, 0.05) is 0 Å². The molecular formula is C6H16FNO. The van der Waals surface area contributed by atoms with Gasteiger partial charge in [-0.1, -0.05) is 0 Å². The molecule has 0 radical (unpaired) electrons. The number of hydrogen-bond acceptors (Lipinski definition) is 1. The van der Waals surface area contributed by atoms with Crippen molar-refractivity contribution in [2.75, 3.05) is 33.8 Å². The highest BCUT2D eigenvalue weighted by atomic mass is 19.0. The van der Waals surface area contributed by atoms with E-state index in [9.17, 15) is 0 Å². The van der Waals surface area contributed by atoms with E-state index in [1.54, 1.807) is 0 Å². The molecular weight excluding hydrogens is 121 g/mol. The van der Waals surface area contributed by atoms with Crippen LogP contribution >= 0.6 is 0 Å². The molecule has 0 rings (SSSR count). The van der Waals surface area contributed by atoms with Crippen LogP contribution in [0.25, 0.3) is 0 Å². The van der Waals surface area contributed by atoms with E-state index in [1.165, 1.54) is 0 Å². The van der Waals surface area contributed by atoms with Crippen molar-refractivity contribution in [2.45, 2.75) is 6.92 Å². The molecule has 0 fully saturated rings. The number of aliphatic hydroxyl groups is 1. The third-order valence-electron chi connectivity index (χ3n) is 1.56. The standard InChI is InChI=1S/C6H16NO.FH/c1-4-7(2,3)5-6-8;/h8H,4-6H2,1-3H3;1H/q+1;/p-1. The summed E-state index contributed by atoms with van der Waals surface area (Å²) in [5.74, 6) is 0. The highest BCUT2D eigenvalue weighted by Crippen LogP contribution is 1.92. The molecule has 1 N–H and O–H groups in total. The SMILES string of the molecule is CC[N+](C)(C)CCO.[F-]. The molecule has 0 aliphatic rings. The summed E-state index contributed by atoms with van der Waals surface area (Å²) in [5, 5.41) is 8.52. The molecule has 0 saturated heterocycles. The minimum absolute atomic E-state index is 0. The first-order valence-electron chi connectivity index (χ1n) is 3.05. The van der Waals surface area contributed by atoms with Crippen molar-refractivity contribution in [3.63, 3.8) is 0 Å². The van der Waals surface area contributed by atoms with Gasteiger partial charge in [-0.3, -0.25) is 0 Å². The Morgan fingerprint density at radius 2 is 1.78 bits per heavy atom. The van der Waals surface area contributed by atoms with E-state index >= 15 is 0 Å². The third kappa shape index (κ3) is 5.73. The maximum Gasteiger partial charge on any atom is 0.102 e. The molecule has 0 spiro atoms. The fraction of sp³-hybridized carbons (Fsp3) is 1.00. The zero-order chi connectivity index (χ0) is 6.62. The van der Waals surface area contributed by atoms with Gasteiger partial charge in [-0.2, -0.15) is 0 Å². The lowest BCUT2D eigenvalue weighted by Gasteiger charge is -2.26. The van der Waals surface area contributed by atoms with Gasteiger partial charge in [0.1, 0.15) is 6.54 Å². The predicted octanol–water partition coefficient (Wildman–Crippen LogP) is -2.92. The minimum atomic E-state index is 0. The van der Waals surface area contributed by atoms with Gasteiger partial charge in [0.05, 0.1) is 27.2 Å². The Balaban J connectivity index is 0. The second-order valence-corrected chi connectivity index (χ2v) is 2.70. The Morgan fingerprint density at radius 3 is 1.89 bits per heavy atom. The fourth-order valence-electron chi connectivity index (χ4n) is 0.429. The van der Waals surface area contributed by atoms with Crippen molar-refractivity contribution in [1.82, 2.24) is 0 Å². The second-order valence-electron chi connectivity index (χ2n) is 2.70. The molecule has 0 bridgehead atoms. The summed E-state index contributed by atoms with van der Waals surface area (Å²) >= 11 is 0. The molecule has 58 valence electrons. The van der Waals surface area contributed by atoms with Gasteiger partial charge in [-0.15, -0.1) is 0 Å². The fourth-order valence-corrected chi connectivity index (χ4v) is 0.429. The van der Waals surface area contributed by atoms with Crippen LogP contribution in [-0.2, 0) is 0 Å². The van der Waals surface area contributed by atoms with Gasteiger partial charge in [-0.25, -0.2) is 0 Å². The molecule has 2 nitrogen and oxygen atoms in total. The van der Waals surface area contributed by atoms with Gasteiger partial charge >= 0.3 is 0 Å². The lowest BCUT2D eigenvalue weighted by Crippen LogP contribution is -3.00. The Hall–Kier alpha value is -0.150. The number of hydrogen-bond donors (Lipinski definition) is 1. The van der Waals surface area contributed by atoms with Crippen molar-refractivity contribution >= 4 is 0 Å². The monoisotopic (exact) mass is 137 g/mol. The van der Waals surface area contributed by atoms with Crippen LogP contribution in [0.3, 0.4) is 0 Å². The summed E-state index contributed by atoms with van der Waals surface area (Å²) in [5.41, 5.74) is 0. The van der Waals surface area contributed by atoms with E-state index in [2.05, 4.69) is 21.0 Å². The lowest BCUT2D eigenvalue weighted by atomic mass is 10.5. The molecule has 0 amide bonds. The molecule has 0 unspecified atom stereocenters. The Morgan fingerprint density at radius 1 is 1.33 bits per heavy atom. The van der Waals surface area contributed by atoms with Crippen LogP contribution in [0.5, 0.6) is 0 Å². The van der Waals surface area contributed by atoms with Crippen molar-refractivity contribution < 1.29 is 14.3 Å². The van der Waals surface area contributed by atoms with Crippen LogP contribution in [0.2, 0.25) is 0 Å². The average Bonchev–Trinajstić information content (AvgIpc) is 1.67. The first kappa shape index (κ1) is 11.6. The van der Waals surface area contributed by atoms with Crippen LogP contribution in [0.15, 0.2) is 0 Å². The van der Waals surface area contributed by atoms with E-state index in [0.29, 0.717) is 6.61 Å². The van der Waals surface area contributed by atoms with E-state index < -0.39 is 0 Å². The molecule has 0 aliphatic carbocycles. The zero-order valence-electron chi connectivity index (χ0n) is 6.39. The van der Waals surface area contributed by atoms with Crippen molar-refractivity contribution in [2.24, 2.45) is 0 Å². The third-order valence-corrected chi connectivity index (χ3v) is 1.56. The van der Waals surface area contributed by atoms with Gasteiger partial charge in [0.15, 0.2) is 0 Å². The highest BCUT2D eigenvalue weighted by molar-refractivity contribution is 4.24. The number of nitrogens with zero attached hydrogens (tertiary/aromatic N) is 1. The zero-order valence-corrected chi connectivity index (χ0v) is 6.39. The molecule has 0 aliphatic heterocycles. The molecule has 0 saturated carbocycles. The van der Waals surface area contributed by atoms with Gasteiger partial charge in [0.25, 0.3) is 0 Å². The molecule has 0 aromatic heterocycles. The molecule has 3 heteroatoms. The molecule has 0 atom stereocenters. The number of halogens is 1. The smallest absolute Gasteiger partial charge is 0.102 e. The normalized spacial score (nSPS) is 10.7. The number of aliphatic hydroxyl groups excluding tert-OH is 1. The van der Waals surface area contributed by atoms with E-state index in [4.69, 9.17) is 5.11 Å². The minimum Gasteiger partial charge on any atom is -1.00 e. The summed E-state index contributed by atoms with van der Waals surface area (Å²) < 4.78 is 0.913. The van der Waals surface area contributed by atoms with Crippen LogP contribution in [0.1, 0.15) is 6.92 Å². The summed E-state index contributed by atoms with van der Waals surface area (Å²) in [6.07, 6.45) is 0. The van der Waals surface area contributed by atoms with Crippen molar-refractivity contribution in [1.29, 1.82) is 0 Å². The number of quaternary nitrogens is 1. The van der Waals surface area contributed by atoms with Gasteiger partial charge in [0.2, 0.25) is 0 Å². The quantitative estimate of drug-likeness (QED) is 0.413. The Labute approximate surface area is 56.1 Å². The largest absolute Gasteiger partial charge is 1.00 e. The van der Waals surface area contributed by atoms with Crippen LogP contribution in [-0.4, -0.2) is 43.4 Å². The lowest BCUT2D eigenvalue weighted by molar-refractivity contribution is -0.888. The highest BCUT2D eigenvalue weighted by Gasteiger charge is 2.08.